The van der Waals surface area contributed by atoms with Crippen LogP contribution in [0.15, 0.2) is 23.5 Å². The van der Waals surface area contributed by atoms with E-state index in [4.69, 9.17) is 4.74 Å². The minimum absolute atomic E-state index is 0.0813. The Labute approximate surface area is 66.5 Å². The zero-order valence-electron chi connectivity index (χ0n) is 6.89. The number of rotatable bonds is 2. The molecule has 2 nitrogen and oxygen atoms in total. The SMILES string of the molecule is COC1=C(C(C)=O)C=CCC1. The molecule has 1 aliphatic rings. The fourth-order valence-electron chi connectivity index (χ4n) is 1.17. The second-order valence-corrected chi connectivity index (χ2v) is 2.54. The molecule has 0 aromatic carbocycles. The molecule has 0 saturated heterocycles. The maximum atomic E-state index is 11.0. The van der Waals surface area contributed by atoms with Gasteiger partial charge in [-0.05, 0) is 13.3 Å². The van der Waals surface area contributed by atoms with Crippen molar-refractivity contribution < 1.29 is 9.53 Å². The smallest absolute Gasteiger partial charge is 0.163 e. The first-order chi connectivity index (χ1) is 5.25. The average Bonchev–Trinajstić information content (AvgIpc) is 2.04. The van der Waals surface area contributed by atoms with Gasteiger partial charge in [-0.3, -0.25) is 4.79 Å². The molecule has 0 bridgehead atoms. The van der Waals surface area contributed by atoms with Gasteiger partial charge in [0.15, 0.2) is 5.78 Å². The molecule has 0 spiro atoms. The summed E-state index contributed by atoms with van der Waals surface area (Å²) < 4.78 is 5.07. The summed E-state index contributed by atoms with van der Waals surface area (Å²) in [6.45, 7) is 1.56. The Hall–Kier alpha value is -1.05. The Morgan fingerprint density at radius 3 is 2.82 bits per heavy atom. The quantitative estimate of drug-likeness (QED) is 0.603. The zero-order chi connectivity index (χ0) is 8.27. The molecule has 1 rings (SSSR count). The van der Waals surface area contributed by atoms with Crippen LogP contribution in [0, 0.1) is 0 Å². The maximum absolute atomic E-state index is 11.0. The number of Topliss-reactive ketones (excluding diaryl/α,β-unsaturated/α-hetero) is 1. The third kappa shape index (κ3) is 1.70. The summed E-state index contributed by atoms with van der Waals surface area (Å²) in [5.41, 5.74) is 0.721. The van der Waals surface area contributed by atoms with Crippen LogP contribution in [0.5, 0.6) is 0 Å². The van der Waals surface area contributed by atoms with Crippen LogP contribution in [-0.4, -0.2) is 12.9 Å². The molecule has 0 aromatic rings. The fourth-order valence-corrected chi connectivity index (χ4v) is 1.17. The Morgan fingerprint density at radius 1 is 1.64 bits per heavy atom. The van der Waals surface area contributed by atoms with Gasteiger partial charge >= 0.3 is 0 Å². The van der Waals surface area contributed by atoms with E-state index in [0.29, 0.717) is 0 Å². The third-order valence-corrected chi connectivity index (χ3v) is 1.75. The lowest BCUT2D eigenvalue weighted by atomic mass is 10.0. The van der Waals surface area contributed by atoms with Gasteiger partial charge in [-0.25, -0.2) is 0 Å². The van der Waals surface area contributed by atoms with E-state index < -0.39 is 0 Å². The largest absolute Gasteiger partial charge is 0.500 e. The minimum atomic E-state index is 0.0813. The maximum Gasteiger partial charge on any atom is 0.163 e. The van der Waals surface area contributed by atoms with Gasteiger partial charge < -0.3 is 4.74 Å². The monoisotopic (exact) mass is 152 g/mol. The van der Waals surface area contributed by atoms with E-state index in [1.807, 2.05) is 12.2 Å². The van der Waals surface area contributed by atoms with Crippen molar-refractivity contribution in [2.24, 2.45) is 0 Å². The lowest BCUT2D eigenvalue weighted by molar-refractivity contribution is -0.113. The zero-order valence-corrected chi connectivity index (χ0v) is 6.89. The van der Waals surface area contributed by atoms with Gasteiger partial charge in [0.05, 0.1) is 12.7 Å². The predicted molar refractivity (Wildman–Crippen MR) is 43.1 cm³/mol. The van der Waals surface area contributed by atoms with Gasteiger partial charge in [0, 0.05) is 6.42 Å². The molecule has 0 fully saturated rings. The molecule has 11 heavy (non-hydrogen) atoms. The Kier molecular flexibility index (Phi) is 2.47. The lowest BCUT2D eigenvalue weighted by Gasteiger charge is -2.11. The summed E-state index contributed by atoms with van der Waals surface area (Å²) in [5, 5.41) is 0. The molecule has 0 heterocycles. The number of ketones is 1. The first-order valence-electron chi connectivity index (χ1n) is 3.70. The van der Waals surface area contributed by atoms with Crippen molar-refractivity contribution in [3.63, 3.8) is 0 Å². The first kappa shape index (κ1) is 8.05. The van der Waals surface area contributed by atoms with E-state index in [1.54, 1.807) is 14.0 Å². The van der Waals surface area contributed by atoms with Gasteiger partial charge in [0.2, 0.25) is 0 Å². The van der Waals surface area contributed by atoms with E-state index in [1.165, 1.54) is 0 Å². The first-order valence-corrected chi connectivity index (χ1v) is 3.70. The topological polar surface area (TPSA) is 26.3 Å². The molecular formula is C9H12O2. The van der Waals surface area contributed by atoms with E-state index >= 15 is 0 Å². The highest BCUT2D eigenvalue weighted by Crippen LogP contribution is 2.19. The molecule has 0 aliphatic heterocycles. The van der Waals surface area contributed by atoms with Crippen LogP contribution >= 0.6 is 0 Å². The molecule has 0 N–H and O–H groups in total. The van der Waals surface area contributed by atoms with Crippen LogP contribution in [-0.2, 0) is 9.53 Å². The molecule has 60 valence electrons. The highest BCUT2D eigenvalue weighted by atomic mass is 16.5. The molecule has 0 amide bonds. The second kappa shape index (κ2) is 3.37. The van der Waals surface area contributed by atoms with Crippen LogP contribution in [0.25, 0.3) is 0 Å². The van der Waals surface area contributed by atoms with Crippen LogP contribution in [0.1, 0.15) is 19.8 Å². The molecule has 0 aromatic heterocycles. The van der Waals surface area contributed by atoms with Gasteiger partial charge in [-0.15, -0.1) is 0 Å². The van der Waals surface area contributed by atoms with Crippen molar-refractivity contribution in [3.8, 4) is 0 Å². The number of hydrogen-bond donors (Lipinski definition) is 0. The summed E-state index contributed by atoms with van der Waals surface area (Å²) in [5.74, 6) is 0.901. The number of ether oxygens (including phenoxy) is 1. The summed E-state index contributed by atoms with van der Waals surface area (Å²) in [4.78, 5) is 11.0. The van der Waals surface area contributed by atoms with Crippen LogP contribution in [0.3, 0.4) is 0 Å². The standard InChI is InChI=1S/C9H12O2/c1-7(10)8-5-3-4-6-9(8)11-2/h3,5H,4,6H2,1-2H3. The molecule has 0 unspecified atom stereocenters. The summed E-state index contributed by atoms with van der Waals surface area (Å²) in [7, 11) is 1.61. The Bertz CT molecular complexity index is 224. The van der Waals surface area contributed by atoms with E-state index in [0.717, 1.165) is 24.2 Å². The minimum Gasteiger partial charge on any atom is -0.500 e. The van der Waals surface area contributed by atoms with Crippen LogP contribution in [0.2, 0.25) is 0 Å². The number of allylic oxidation sites excluding steroid dienone is 4. The van der Waals surface area contributed by atoms with Crippen molar-refractivity contribution in [2.45, 2.75) is 19.8 Å². The van der Waals surface area contributed by atoms with Crippen LogP contribution < -0.4 is 0 Å². The predicted octanol–water partition coefficient (Wildman–Crippen LogP) is 1.83. The van der Waals surface area contributed by atoms with Crippen molar-refractivity contribution in [1.29, 1.82) is 0 Å². The van der Waals surface area contributed by atoms with Crippen molar-refractivity contribution in [2.75, 3.05) is 7.11 Å². The normalized spacial score (nSPS) is 16.9. The van der Waals surface area contributed by atoms with Crippen molar-refractivity contribution >= 4 is 5.78 Å². The average molecular weight is 152 g/mol. The number of carbonyl (C=O) groups is 1. The number of methoxy groups -OCH3 is 1. The van der Waals surface area contributed by atoms with E-state index in [-0.39, 0.29) is 5.78 Å². The van der Waals surface area contributed by atoms with E-state index in [9.17, 15) is 4.79 Å². The van der Waals surface area contributed by atoms with E-state index in [2.05, 4.69) is 0 Å². The Morgan fingerprint density at radius 2 is 2.36 bits per heavy atom. The van der Waals surface area contributed by atoms with Gasteiger partial charge in [0.1, 0.15) is 5.76 Å². The molecule has 0 radical (unpaired) electrons. The number of carbonyl (C=O) groups excluding carboxylic acids is 1. The summed E-state index contributed by atoms with van der Waals surface area (Å²) in [6.07, 6.45) is 5.66. The fraction of sp³-hybridized carbons (Fsp3) is 0.444. The lowest BCUT2D eigenvalue weighted by Crippen LogP contribution is -2.03. The van der Waals surface area contributed by atoms with Crippen molar-refractivity contribution in [3.05, 3.63) is 23.5 Å². The van der Waals surface area contributed by atoms with Gasteiger partial charge in [0.25, 0.3) is 0 Å². The number of hydrogen-bond acceptors (Lipinski definition) is 2. The second-order valence-electron chi connectivity index (χ2n) is 2.54. The Balaban J connectivity index is 2.92. The highest BCUT2D eigenvalue weighted by Gasteiger charge is 2.11. The molecular weight excluding hydrogens is 140 g/mol. The molecule has 1 aliphatic carbocycles. The van der Waals surface area contributed by atoms with Gasteiger partial charge in [-0.2, -0.15) is 0 Å². The highest BCUT2D eigenvalue weighted by molar-refractivity contribution is 5.96. The van der Waals surface area contributed by atoms with Crippen molar-refractivity contribution in [1.82, 2.24) is 0 Å². The molecule has 0 atom stereocenters. The third-order valence-electron chi connectivity index (χ3n) is 1.75. The van der Waals surface area contributed by atoms with Gasteiger partial charge in [-0.1, -0.05) is 12.2 Å². The molecule has 0 saturated carbocycles. The summed E-state index contributed by atoms with van der Waals surface area (Å²) in [6, 6.07) is 0. The molecule has 2 heteroatoms. The van der Waals surface area contributed by atoms with Crippen LogP contribution in [0.4, 0.5) is 0 Å². The summed E-state index contributed by atoms with van der Waals surface area (Å²) >= 11 is 0.